The zero-order valence-electron chi connectivity index (χ0n) is 35.7. The minimum atomic E-state index is -0.900. The van der Waals surface area contributed by atoms with Gasteiger partial charge in [-0.1, -0.05) is 50.9 Å². The number of amides is 2. The van der Waals surface area contributed by atoms with E-state index in [4.69, 9.17) is 33.3 Å². The number of hydrogen-bond donors (Lipinski definition) is 4. The van der Waals surface area contributed by atoms with Crippen LogP contribution in [0.1, 0.15) is 117 Å². The van der Waals surface area contributed by atoms with E-state index in [1.807, 2.05) is 44.7 Å². The van der Waals surface area contributed by atoms with Crippen LogP contribution in [0.2, 0.25) is 10.0 Å². The van der Waals surface area contributed by atoms with Crippen molar-refractivity contribution < 1.29 is 18.7 Å². The first-order valence-electron chi connectivity index (χ1n) is 21.3. The normalized spacial score (nSPS) is 29.8. The number of nitrogens with zero attached hydrogens (tertiary/aromatic N) is 3. The lowest BCUT2D eigenvalue weighted by Crippen LogP contribution is -2.63. The zero-order chi connectivity index (χ0) is 42.9. The van der Waals surface area contributed by atoms with E-state index in [1.54, 1.807) is 20.2 Å². The van der Waals surface area contributed by atoms with Crippen molar-refractivity contribution in [2.45, 2.75) is 136 Å². The van der Waals surface area contributed by atoms with Crippen molar-refractivity contribution in [2.75, 3.05) is 24.7 Å². The third-order valence-electron chi connectivity index (χ3n) is 14.4. The number of halogens is 3. The highest BCUT2D eigenvalue weighted by molar-refractivity contribution is 6.37. The van der Waals surface area contributed by atoms with E-state index < -0.39 is 16.6 Å². The van der Waals surface area contributed by atoms with Crippen LogP contribution in [0.3, 0.4) is 0 Å². The molecule has 3 saturated heterocycles. The summed E-state index contributed by atoms with van der Waals surface area (Å²) in [5.74, 6) is 1.07. The lowest BCUT2D eigenvalue weighted by Gasteiger charge is -2.59. The molecule has 6 atom stereocenters. The maximum atomic E-state index is 14.5. The van der Waals surface area contributed by atoms with Gasteiger partial charge in [-0.2, -0.15) is 5.26 Å². The summed E-state index contributed by atoms with van der Waals surface area (Å²) in [6.07, 6.45) is 7.12. The van der Waals surface area contributed by atoms with Crippen molar-refractivity contribution in [1.82, 2.24) is 9.80 Å². The number of ether oxygens (including phenoxy) is 1. The van der Waals surface area contributed by atoms with Gasteiger partial charge in [0.15, 0.2) is 0 Å². The summed E-state index contributed by atoms with van der Waals surface area (Å²) < 4.78 is 21.1. The van der Waals surface area contributed by atoms with Gasteiger partial charge >= 0.3 is 0 Å². The average molecular weight is 849 g/mol. The highest BCUT2D eigenvalue weighted by Crippen LogP contribution is 2.56. The Hall–Kier alpha value is -3.88. The number of rotatable bonds is 13. The fourth-order valence-electron chi connectivity index (χ4n) is 11.5. The molecule has 4 N–H and O–H groups in total. The molecule has 6 aliphatic rings. The summed E-state index contributed by atoms with van der Waals surface area (Å²) in [4.78, 5) is 32.0. The maximum absolute atomic E-state index is 14.5. The van der Waals surface area contributed by atoms with E-state index in [-0.39, 0.29) is 82.4 Å². The molecule has 6 unspecified atom stereocenters. The summed E-state index contributed by atoms with van der Waals surface area (Å²) in [6.45, 7) is 11.7. The summed E-state index contributed by atoms with van der Waals surface area (Å²) in [5, 5.41) is 34.9. The number of benzene rings is 2. The SMILES string of the molecule is CNc1ccc(F)c(Cl)c1C(=N)C(C)(C)CC(=O)N1C(C)CC(C2CC2Oc2ccc(NC)c(C(=N)C(C)(C)CC(=O)N3C4CC5CC3CC(C#N)(C5)C4)c2Cl)CC1C. The Balaban J connectivity index is 0.981. The van der Waals surface area contributed by atoms with E-state index >= 15 is 0 Å². The minimum absolute atomic E-state index is 0.0220. The van der Waals surface area contributed by atoms with Gasteiger partial charge < -0.3 is 36.0 Å². The van der Waals surface area contributed by atoms with Gasteiger partial charge in [0.1, 0.15) is 17.7 Å². The molecular weight excluding hydrogens is 788 g/mol. The quantitative estimate of drug-likeness (QED) is 0.148. The Morgan fingerprint density at radius 3 is 1.86 bits per heavy atom. The number of carbonyl (C=O) groups is 2. The fraction of sp³-hybridized carbons (Fsp3) is 0.630. The largest absolute Gasteiger partial charge is 0.489 e. The Bertz CT molecular complexity index is 2070. The van der Waals surface area contributed by atoms with Crippen molar-refractivity contribution >= 4 is 57.8 Å². The van der Waals surface area contributed by atoms with Crippen LogP contribution in [0.4, 0.5) is 15.8 Å². The summed E-state index contributed by atoms with van der Waals surface area (Å²) in [5.41, 5.74) is 0.430. The molecule has 2 amide bonds. The topological polar surface area (TPSA) is 145 Å². The predicted molar refractivity (Wildman–Crippen MR) is 232 cm³/mol. The van der Waals surface area contributed by atoms with Crippen molar-refractivity contribution in [3.05, 3.63) is 51.3 Å². The second-order valence-electron chi connectivity index (χ2n) is 19.7. The Morgan fingerprint density at radius 1 is 0.831 bits per heavy atom. The third kappa shape index (κ3) is 7.93. The molecule has 10 nitrogen and oxygen atoms in total. The van der Waals surface area contributed by atoms with Gasteiger partial charge in [-0.15, -0.1) is 0 Å². The number of carbonyl (C=O) groups excluding carboxylic acids is 2. The van der Waals surface area contributed by atoms with Crippen LogP contribution in [0.5, 0.6) is 5.75 Å². The van der Waals surface area contributed by atoms with Crippen LogP contribution in [-0.4, -0.2) is 77.4 Å². The van der Waals surface area contributed by atoms with E-state index in [9.17, 15) is 24.7 Å². The van der Waals surface area contributed by atoms with E-state index in [1.165, 1.54) is 6.07 Å². The molecule has 3 saturated carbocycles. The van der Waals surface area contributed by atoms with E-state index in [0.29, 0.717) is 45.5 Å². The highest BCUT2D eigenvalue weighted by atomic mass is 35.5. The molecule has 8 rings (SSSR count). The number of piperidine rings is 3. The predicted octanol–water partition coefficient (Wildman–Crippen LogP) is 9.95. The van der Waals surface area contributed by atoms with Crippen LogP contribution in [-0.2, 0) is 9.59 Å². The fourth-order valence-corrected chi connectivity index (χ4v) is 12.1. The first-order chi connectivity index (χ1) is 27.7. The third-order valence-corrected chi connectivity index (χ3v) is 15.2. The van der Waals surface area contributed by atoms with Crippen LogP contribution in [0.25, 0.3) is 0 Å². The van der Waals surface area contributed by atoms with Crippen molar-refractivity contribution in [1.29, 1.82) is 16.1 Å². The molecule has 13 heteroatoms. The van der Waals surface area contributed by atoms with Crippen LogP contribution >= 0.6 is 23.2 Å². The first-order valence-corrected chi connectivity index (χ1v) is 22.0. The summed E-state index contributed by atoms with van der Waals surface area (Å²) in [7, 11) is 3.49. The molecule has 0 aromatic heterocycles. The minimum Gasteiger partial charge on any atom is -0.489 e. The maximum Gasteiger partial charge on any atom is 0.224 e. The highest BCUT2D eigenvalue weighted by Gasteiger charge is 2.56. The monoisotopic (exact) mass is 847 g/mol. The van der Waals surface area contributed by atoms with Crippen molar-refractivity contribution in [2.24, 2.45) is 34.0 Å². The van der Waals surface area contributed by atoms with Crippen molar-refractivity contribution in [3.8, 4) is 11.8 Å². The van der Waals surface area contributed by atoms with Gasteiger partial charge in [0.05, 0.1) is 21.5 Å². The molecule has 318 valence electrons. The van der Waals surface area contributed by atoms with Crippen LogP contribution in [0, 0.1) is 62.0 Å². The lowest BCUT2D eigenvalue weighted by molar-refractivity contribution is -0.154. The first kappa shape index (κ1) is 43.2. The summed E-state index contributed by atoms with van der Waals surface area (Å²) >= 11 is 13.5. The molecule has 3 aliphatic heterocycles. The molecule has 3 heterocycles. The van der Waals surface area contributed by atoms with Crippen molar-refractivity contribution in [3.63, 3.8) is 0 Å². The molecule has 2 aromatic rings. The molecule has 3 aliphatic carbocycles. The van der Waals surface area contributed by atoms with Gasteiger partial charge in [0.2, 0.25) is 11.8 Å². The van der Waals surface area contributed by atoms with Gasteiger partial charge in [-0.05, 0) is 101 Å². The van der Waals surface area contributed by atoms with Gasteiger partial charge in [0.25, 0.3) is 0 Å². The number of nitriles is 1. The van der Waals surface area contributed by atoms with Gasteiger partial charge in [-0.3, -0.25) is 9.59 Å². The lowest BCUT2D eigenvalue weighted by atomic mass is 9.56. The molecule has 0 radical (unpaired) electrons. The van der Waals surface area contributed by atoms with Gasteiger partial charge in [0, 0.05) is 102 Å². The van der Waals surface area contributed by atoms with E-state index in [2.05, 4.69) is 35.5 Å². The zero-order valence-corrected chi connectivity index (χ0v) is 37.2. The standard InChI is InChI=1S/C46H60Cl2FN7O3/c1-24-13-27(14-25(2)55(24)36(57)21-44(3,4)42(51)38-32(53-7)10-9-31(49)40(38)47)30-17-35(30)59-34-12-11-33(54-8)39(41(34)48)43(52)45(5,6)22-37(58)56-28-15-26-16-29(56)20-46(18-26,19-28)23-50/h9-12,24-30,35,51-54H,13-22H2,1-8H3. The number of hydrogen-bond acceptors (Lipinski definition) is 8. The molecule has 2 aromatic carbocycles. The van der Waals surface area contributed by atoms with Crippen LogP contribution < -0.4 is 15.4 Å². The molecular formula is C46H60Cl2FN7O3. The van der Waals surface area contributed by atoms with E-state index in [0.717, 1.165) is 51.4 Å². The summed E-state index contributed by atoms with van der Waals surface area (Å²) in [6, 6.07) is 9.34. The molecule has 4 bridgehead atoms. The molecule has 0 spiro atoms. The van der Waals surface area contributed by atoms with Gasteiger partial charge in [-0.25, -0.2) is 4.39 Å². The number of nitrogens with one attached hydrogen (secondary N) is 4. The number of anilines is 2. The average Bonchev–Trinajstić information content (AvgIpc) is 3.94. The second kappa shape index (κ2) is 15.9. The smallest absolute Gasteiger partial charge is 0.224 e. The Labute approximate surface area is 358 Å². The Kier molecular flexibility index (Phi) is 11.6. The second-order valence-corrected chi connectivity index (χ2v) is 20.4. The Morgan fingerprint density at radius 2 is 1.34 bits per heavy atom. The van der Waals surface area contributed by atoms with Crippen LogP contribution in [0.15, 0.2) is 24.3 Å². The molecule has 6 fully saturated rings. The molecule has 59 heavy (non-hydrogen) atoms. The number of likely N-dealkylation sites (tertiary alicyclic amines) is 1.